The lowest BCUT2D eigenvalue weighted by Crippen LogP contribution is -2.42. The fourth-order valence-corrected chi connectivity index (χ4v) is 6.53. The van der Waals surface area contributed by atoms with Crippen molar-refractivity contribution in [1.82, 2.24) is 9.55 Å². The van der Waals surface area contributed by atoms with Gasteiger partial charge in [0, 0.05) is 12.6 Å². The summed E-state index contributed by atoms with van der Waals surface area (Å²) in [7, 11) is -16.7. The number of hydrogen-bond donors (Lipinski definition) is 6. The van der Waals surface area contributed by atoms with Crippen LogP contribution in [-0.2, 0) is 31.6 Å². The number of hydrogen-bond acceptors (Lipinski definition) is 11. The Morgan fingerprint density at radius 3 is 2.48 bits per heavy atom. The van der Waals surface area contributed by atoms with Gasteiger partial charge in [0.2, 0.25) is 0 Å². The zero-order valence-electron chi connectivity index (χ0n) is 15.3. The third kappa shape index (κ3) is 5.22. The highest BCUT2D eigenvalue weighted by molar-refractivity contribution is 7.66. The molecule has 1 aromatic rings. The Morgan fingerprint density at radius 1 is 1.26 bits per heavy atom. The number of fused-ring (bicyclic) bond motifs is 2. The minimum atomic E-state index is -5.70. The number of aromatic nitrogens is 2. The quantitative estimate of drug-likeness (QED) is 0.190. The van der Waals surface area contributed by atoms with Gasteiger partial charge in [0.1, 0.15) is 17.6 Å². The SMILES string of the molecule is C=C1C[C@]2(COP(=O)(O)OP(=O)(O)OP(=O)(O)O)O[C@@H](n3ccc(N)nc3=O)[C@H]1[C@@H]2O. The molecule has 0 amide bonds. The summed E-state index contributed by atoms with van der Waals surface area (Å²) in [6.45, 7) is 2.90. The largest absolute Gasteiger partial charge is 0.490 e. The topological polar surface area (TPSA) is 250 Å². The number of nitrogens with zero attached hydrogens (tertiary/aromatic N) is 2. The molecule has 2 fully saturated rings. The second-order valence-corrected chi connectivity index (χ2v) is 11.2. The van der Waals surface area contributed by atoms with Crippen LogP contribution in [0.5, 0.6) is 0 Å². The van der Waals surface area contributed by atoms with Crippen molar-refractivity contribution in [3.05, 3.63) is 34.9 Å². The fourth-order valence-electron chi connectivity index (χ4n) is 3.45. The molecule has 2 aliphatic rings. The van der Waals surface area contributed by atoms with Crippen LogP contribution in [0.1, 0.15) is 12.6 Å². The molecule has 3 rings (SSSR count). The van der Waals surface area contributed by atoms with Gasteiger partial charge in [-0.15, -0.1) is 0 Å². The summed E-state index contributed by atoms with van der Waals surface area (Å²) in [5.41, 5.74) is 3.37. The Labute approximate surface area is 173 Å². The number of nitrogens with two attached hydrogens (primary N) is 1. The molecule has 1 aliphatic carbocycles. The minimum Gasteiger partial charge on any atom is -0.389 e. The van der Waals surface area contributed by atoms with Gasteiger partial charge in [-0.2, -0.15) is 13.6 Å². The second kappa shape index (κ2) is 7.96. The monoisotopic (exact) mass is 505 g/mol. The minimum absolute atomic E-state index is 0.0499. The first-order valence-electron chi connectivity index (χ1n) is 8.21. The van der Waals surface area contributed by atoms with Crippen LogP contribution in [0.4, 0.5) is 5.82 Å². The summed E-state index contributed by atoms with van der Waals surface area (Å²) < 4.78 is 52.7. The third-order valence-electron chi connectivity index (χ3n) is 4.55. The summed E-state index contributed by atoms with van der Waals surface area (Å²) in [5.74, 6) is -0.876. The first-order valence-corrected chi connectivity index (χ1v) is 12.7. The van der Waals surface area contributed by atoms with Gasteiger partial charge in [-0.3, -0.25) is 9.09 Å². The molecule has 0 radical (unpaired) electrons. The highest BCUT2D eigenvalue weighted by Gasteiger charge is 2.63. The molecule has 16 nitrogen and oxygen atoms in total. The molecular formula is C12H18N3O13P3. The summed E-state index contributed by atoms with van der Waals surface area (Å²) in [5, 5.41) is 10.6. The van der Waals surface area contributed by atoms with E-state index in [-0.39, 0.29) is 12.2 Å². The van der Waals surface area contributed by atoms with Gasteiger partial charge in [0.05, 0.1) is 18.6 Å². The van der Waals surface area contributed by atoms with Gasteiger partial charge in [-0.1, -0.05) is 12.2 Å². The van der Waals surface area contributed by atoms with Crippen molar-refractivity contribution in [3.63, 3.8) is 0 Å². The van der Waals surface area contributed by atoms with Crippen molar-refractivity contribution in [3.8, 4) is 0 Å². The molecule has 6 atom stereocenters. The summed E-state index contributed by atoms with van der Waals surface area (Å²) in [6.07, 6.45) is -1.28. The van der Waals surface area contributed by atoms with E-state index in [1.165, 1.54) is 12.3 Å². The maximum atomic E-state index is 12.1. The lowest BCUT2D eigenvalue weighted by molar-refractivity contribution is -0.130. The van der Waals surface area contributed by atoms with Gasteiger partial charge >= 0.3 is 29.2 Å². The molecule has 1 aliphatic heterocycles. The Kier molecular flexibility index (Phi) is 6.26. The maximum absolute atomic E-state index is 12.1. The van der Waals surface area contributed by atoms with Crippen LogP contribution < -0.4 is 11.4 Å². The average molecular weight is 505 g/mol. The number of phosphoric acid groups is 3. The molecule has 2 heterocycles. The lowest BCUT2D eigenvalue weighted by atomic mass is 10.00. The number of nitrogen functional groups attached to an aromatic ring is 1. The van der Waals surface area contributed by atoms with Gasteiger partial charge in [0.25, 0.3) is 0 Å². The Bertz CT molecular complexity index is 1100. The van der Waals surface area contributed by atoms with Crippen LogP contribution in [-0.4, -0.2) is 52.5 Å². The van der Waals surface area contributed by atoms with E-state index in [9.17, 15) is 33.4 Å². The predicted molar refractivity (Wildman–Crippen MR) is 98.8 cm³/mol. The first kappa shape index (κ1) is 24.4. The molecule has 7 N–H and O–H groups in total. The standard InChI is InChI=1S/C12H18N3O13P3/c1-6-4-12(5-25-30(21,22)28-31(23,24)27-29(18,19)20)9(16)8(6)10(26-12)15-3-2-7(13)14-11(15)17/h2-3,8-10,16H,1,4-5H2,(H,21,22)(H,23,24)(H2,13,14,17)(H2,18,19,20)/t8-,9+,10-,12-/m1/s1. The van der Waals surface area contributed by atoms with Crippen molar-refractivity contribution in [2.24, 2.45) is 5.92 Å². The van der Waals surface area contributed by atoms with Crippen molar-refractivity contribution in [2.75, 3.05) is 12.3 Å². The molecule has 174 valence electrons. The van der Waals surface area contributed by atoms with Gasteiger partial charge in [-0.25, -0.2) is 18.5 Å². The lowest BCUT2D eigenvalue weighted by Gasteiger charge is -2.32. The summed E-state index contributed by atoms with van der Waals surface area (Å²) >= 11 is 0. The number of aliphatic hydroxyl groups excluding tert-OH is 1. The molecule has 2 unspecified atom stereocenters. The van der Waals surface area contributed by atoms with Crippen LogP contribution in [0.25, 0.3) is 0 Å². The summed E-state index contributed by atoms with van der Waals surface area (Å²) in [4.78, 5) is 51.6. The molecule has 2 bridgehead atoms. The van der Waals surface area contributed by atoms with E-state index in [1.54, 1.807) is 0 Å². The van der Waals surface area contributed by atoms with Crippen LogP contribution in [0.2, 0.25) is 0 Å². The van der Waals surface area contributed by atoms with E-state index in [4.69, 9.17) is 20.3 Å². The average Bonchev–Trinajstić information content (AvgIpc) is 2.96. The smallest absolute Gasteiger partial charge is 0.389 e. The van der Waals surface area contributed by atoms with E-state index < -0.39 is 59.6 Å². The zero-order chi connectivity index (χ0) is 23.4. The number of rotatable bonds is 8. The van der Waals surface area contributed by atoms with Crippen molar-refractivity contribution >= 4 is 29.3 Å². The second-order valence-electron chi connectivity index (χ2n) is 6.79. The van der Waals surface area contributed by atoms with Crippen LogP contribution >= 0.6 is 23.5 Å². The molecule has 19 heteroatoms. The zero-order valence-corrected chi connectivity index (χ0v) is 18.0. The maximum Gasteiger partial charge on any atom is 0.490 e. The van der Waals surface area contributed by atoms with Crippen LogP contribution in [0, 0.1) is 5.92 Å². The van der Waals surface area contributed by atoms with Gasteiger partial charge in [0.15, 0.2) is 0 Å². The predicted octanol–water partition coefficient (Wildman–Crippen LogP) is -0.627. The number of phosphoric ester groups is 1. The molecule has 1 saturated carbocycles. The van der Waals surface area contributed by atoms with E-state index in [0.29, 0.717) is 5.57 Å². The fraction of sp³-hybridized carbons (Fsp3) is 0.500. The van der Waals surface area contributed by atoms with E-state index in [2.05, 4.69) is 24.7 Å². The molecule has 1 aromatic heterocycles. The van der Waals surface area contributed by atoms with Crippen molar-refractivity contribution in [1.29, 1.82) is 0 Å². The highest BCUT2D eigenvalue weighted by atomic mass is 31.3. The number of anilines is 1. The van der Waals surface area contributed by atoms with E-state index in [1.807, 2.05) is 0 Å². The summed E-state index contributed by atoms with van der Waals surface area (Å²) in [6, 6.07) is 1.31. The van der Waals surface area contributed by atoms with E-state index in [0.717, 1.165) is 4.57 Å². The van der Waals surface area contributed by atoms with Crippen molar-refractivity contribution < 1.29 is 56.3 Å². The van der Waals surface area contributed by atoms with Crippen molar-refractivity contribution in [2.45, 2.75) is 24.4 Å². The first-order chi connectivity index (χ1) is 14.0. The van der Waals surface area contributed by atoms with E-state index >= 15 is 0 Å². The Morgan fingerprint density at radius 2 is 1.90 bits per heavy atom. The Hall–Kier alpha value is -1.25. The third-order valence-corrected chi connectivity index (χ3v) is 8.34. The van der Waals surface area contributed by atoms with Gasteiger partial charge < -0.3 is 35.2 Å². The molecule has 31 heavy (non-hydrogen) atoms. The highest BCUT2D eigenvalue weighted by Crippen LogP contribution is 2.67. The molecule has 1 saturated heterocycles. The molecule has 0 aromatic carbocycles. The molecular weight excluding hydrogens is 487 g/mol. The number of ether oxygens (including phenoxy) is 1. The molecule has 0 spiro atoms. The van der Waals surface area contributed by atoms with Crippen LogP contribution in [0.3, 0.4) is 0 Å². The Balaban J connectivity index is 1.78. The normalized spacial score (nSPS) is 32.0. The van der Waals surface area contributed by atoms with Gasteiger partial charge in [-0.05, 0) is 6.07 Å². The number of aliphatic hydroxyl groups is 1. The van der Waals surface area contributed by atoms with Crippen LogP contribution in [0.15, 0.2) is 29.2 Å².